The molecule has 1 aliphatic carbocycles. The summed E-state index contributed by atoms with van der Waals surface area (Å²) in [5.41, 5.74) is 3.94. The number of fused-ring (bicyclic) bond motifs is 1. The van der Waals surface area contributed by atoms with E-state index in [0.717, 1.165) is 22.8 Å². The van der Waals surface area contributed by atoms with Gasteiger partial charge in [0, 0.05) is 22.8 Å². The molecule has 0 fully saturated rings. The van der Waals surface area contributed by atoms with E-state index in [0.29, 0.717) is 35.5 Å². The maximum Gasteiger partial charge on any atom is 0.338 e. The normalized spacial score (nSPS) is 14.1. The molecule has 0 N–H and O–H groups in total. The fourth-order valence-corrected chi connectivity index (χ4v) is 3.43. The molecule has 0 aliphatic heterocycles. The second kappa shape index (κ2) is 9.47. The lowest BCUT2D eigenvalue weighted by atomic mass is 9.96. The summed E-state index contributed by atoms with van der Waals surface area (Å²) in [7, 11) is 0. The van der Waals surface area contributed by atoms with E-state index >= 15 is 0 Å². The van der Waals surface area contributed by atoms with Gasteiger partial charge in [-0.3, -0.25) is 0 Å². The lowest BCUT2D eigenvalue weighted by Crippen LogP contribution is -2.13. The van der Waals surface area contributed by atoms with E-state index in [4.69, 9.17) is 14.2 Å². The maximum atomic E-state index is 12.1. The first kappa shape index (κ1) is 22.7. The summed E-state index contributed by atoms with van der Waals surface area (Å²) in [6, 6.07) is 10.6. The SMILES string of the molecule is C=CC(=O)OC1CCc2c(-c3ccc(OC(=O)C(=C)C)cc3)ccc(OC(=O)C(=C)C)c21. The number of carbonyl (C=O) groups is 3. The maximum absolute atomic E-state index is 12.1. The van der Waals surface area contributed by atoms with Crippen molar-refractivity contribution in [3.63, 3.8) is 0 Å². The molecule has 0 spiro atoms. The molecule has 1 atom stereocenters. The van der Waals surface area contributed by atoms with Crippen molar-refractivity contribution < 1.29 is 28.6 Å². The summed E-state index contributed by atoms with van der Waals surface area (Å²) in [6.07, 6.45) is 1.73. The van der Waals surface area contributed by atoms with Crippen molar-refractivity contribution in [1.82, 2.24) is 0 Å². The molecular formula is C26H24O6. The van der Waals surface area contributed by atoms with Crippen LogP contribution in [0.3, 0.4) is 0 Å². The average molecular weight is 432 g/mol. The van der Waals surface area contributed by atoms with Crippen LogP contribution in [0.2, 0.25) is 0 Å². The zero-order chi connectivity index (χ0) is 23.4. The molecular weight excluding hydrogens is 408 g/mol. The molecule has 0 heterocycles. The van der Waals surface area contributed by atoms with Gasteiger partial charge in [-0.05, 0) is 61.6 Å². The van der Waals surface area contributed by atoms with Crippen LogP contribution in [0.1, 0.15) is 37.5 Å². The predicted octanol–water partition coefficient (Wildman–Crippen LogP) is 5.03. The molecule has 164 valence electrons. The minimum Gasteiger partial charge on any atom is -0.454 e. The Kier molecular flexibility index (Phi) is 6.73. The van der Waals surface area contributed by atoms with E-state index in [-0.39, 0.29) is 5.57 Å². The predicted molar refractivity (Wildman–Crippen MR) is 120 cm³/mol. The van der Waals surface area contributed by atoms with Crippen molar-refractivity contribution in [3.05, 3.63) is 84.5 Å². The Morgan fingerprint density at radius 2 is 1.56 bits per heavy atom. The first-order chi connectivity index (χ1) is 15.2. The van der Waals surface area contributed by atoms with Gasteiger partial charge in [-0.25, -0.2) is 14.4 Å². The quantitative estimate of drug-likeness (QED) is 0.347. The highest BCUT2D eigenvalue weighted by Gasteiger charge is 2.32. The number of carbonyl (C=O) groups excluding carboxylic acids is 3. The van der Waals surface area contributed by atoms with Gasteiger partial charge in [0.15, 0.2) is 0 Å². The van der Waals surface area contributed by atoms with Crippen molar-refractivity contribution in [2.24, 2.45) is 0 Å². The van der Waals surface area contributed by atoms with Crippen molar-refractivity contribution >= 4 is 17.9 Å². The summed E-state index contributed by atoms with van der Waals surface area (Å²) < 4.78 is 16.3. The number of esters is 3. The van der Waals surface area contributed by atoms with Crippen molar-refractivity contribution in [1.29, 1.82) is 0 Å². The van der Waals surface area contributed by atoms with Crippen LogP contribution < -0.4 is 9.47 Å². The van der Waals surface area contributed by atoms with E-state index in [1.165, 1.54) is 0 Å². The molecule has 0 saturated heterocycles. The number of rotatable bonds is 7. The Morgan fingerprint density at radius 3 is 2.16 bits per heavy atom. The van der Waals surface area contributed by atoms with Gasteiger partial charge < -0.3 is 14.2 Å². The van der Waals surface area contributed by atoms with Gasteiger partial charge in [0.05, 0.1) is 0 Å². The standard InChI is InChI=1S/C26H24O6/c1-6-23(27)31-21-14-12-20-19(11-13-22(24(20)21)32-26(29)16(4)5)17-7-9-18(10-8-17)30-25(28)15(2)3/h6-11,13,21H,1-2,4,12,14H2,3,5H3. The minimum atomic E-state index is -0.556. The first-order valence-electron chi connectivity index (χ1n) is 10.1. The van der Waals surface area contributed by atoms with Crippen LogP contribution in [0, 0.1) is 0 Å². The topological polar surface area (TPSA) is 78.9 Å². The minimum absolute atomic E-state index is 0.264. The van der Waals surface area contributed by atoms with Gasteiger partial charge in [0.1, 0.15) is 17.6 Å². The van der Waals surface area contributed by atoms with Gasteiger partial charge >= 0.3 is 17.9 Å². The second-order valence-electron chi connectivity index (χ2n) is 7.54. The smallest absolute Gasteiger partial charge is 0.338 e. The van der Waals surface area contributed by atoms with Crippen LogP contribution in [0.4, 0.5) is 0 Å². The van der Waals surface area contributed by atoms with Crippen LogP contribution in [0.25, 0.3) is 11.1 Å². The number of hydrogen-bond acceptors (Lipinski definition) is 6. The van der Waals surface area contributed by atoms with E-state index in [9.17, 15) is 14.4 Å². The molecule has 6 nitrogen and oxygen atoms in total. The van der Waals surface area contributed by atoms with Crippen LogP contribution >= 0.6 is 0 Å². The zero-order valence-electron chi connectivity index (χ0n) is 18.1. The molecule has 32 heavy (non-hydrogen) atoms. The average Bonchev–Trinajstić information content (AvgIpc) is 3.18. The summed E-state index contributed by atoms with van der Waals surface area (Å²) >= 11 is 0. The Hall–Kier alpha value is -3.93. The van der Waals surface area contributed by atoms with Crippen LogP contribution in [-0.2, 0) is 25.5 Å². The van der Waals surface area contributed by atoms with Gasteiger partial charge in [0.2, 0.25) is 0 Å². The monoisotopic (exact) mass is 432 g/mol. The first-order valence-corrected chi connectivity index (χ1v) is 10.1. The number of hydrogen-bond donors (Lipinski definition) is 0. The van der Waals surface area contributed by atoms with E-state index in [1.807, 2.05) is 18.2 Å². The molecule has 0 saturated carbocycles. The van der Waals surface area contributed by atoms with Crippen molar-refractivity contribution in [3.8, 4) is 22.6 Å². The third kappa shape index (κ3) is 4.86. The highest BCUT2D eigenvalue weighted by molar-refractivity contribution is 5.90. The molecule has 0 amide bonds. The Balaban J connectivity index is 1.99. The van der Waals surface area contributed by atoms with E-state index in [1.54, 1.807) is 32.0 Å². The molecule has 2 aromatic carbocycles. The van der Waals surface area contributed by atoms with Crippen molar-refractivity contribution in [2.75, 3.05) is 0 Å². The van der Waals surface area contributed by atoms with Crippen molar-refractivity contribution in [2.45, 2.75) is 32.8 Å². The van der Waals surface area contributed by atoms with Gasteiger partial charge in [0.25, 0.3) is 0 Å². The third-order valence-electron chi connectivity index (χ3n) is 5.00. The fraction of sp³-hybridized carbons (Fsp3) is 0.192. The highest BCUT2D eigenvalue weighted by atomic mass is 16.6. The largest absolute Gasteiger partial charge is 0.454 e. The van der Waals surface area contributed by atoms with Gasteiger partial charge in [-0.2, -0.15) is 0 Å². The summed E-state index contributed by atoms with van der Waals surface area (Å²) in [5.74, 6) is -0.848. The van der Waals surface area contributed by atoms with E-state index < -0.39 is 24.0 Å². The van der Waals surface area contributed by atoms with Crippen LogP contribution in [-0.4, -0.2) is 17.9 Å². The fourth-order valence-electron chi connectivity index (χ4n) is 3.43. The molecule has 2 aromatic rings. The summed E-state index contributed by atoms with van der Waals surface area (Å²) in [6.45, 7) is 13.8. The second-order valence-corrected chi connectivity index (χ2v) is 7.54. The molecule has 0 radical (unpaired) electrons. The molecule has 0 aromatic heterocycles. The number of benzene rings is 2. The molecule has 1 unspecified atom stereocenters. The molecule has 3 rings (SSSR count). The lowest BCUT2D eigenvalue weighted by molar-refractivity contribution is -0.143. The Bertz CT molecular complexity index is 1120. The zero-order valence-corrected chi connectivity index (χ0v) is 18.1. The third-order valence-corrected chi connectivity index (χ3v) is 5.00. The lowest BCUT2D eigenvalue weighted by Gasteiger charge is -2.18. The van der Waals surface area contributed by atoms with Gasteiger partial charge in [-0.15, -0.1) is 0 Å². The van der Waals surface area contributed by atoms with Gasteiger partial charge in [-0.1, -0.05) is 37.9 Å². The summed E-state index contributed by atoms with van der Waals surface area (Å²) in [4.78, 5) is 35.7. The molecule has 1 aliphatic rings. The molecule has 0 bridgehead atoms. The molecule has 6 heteroatoms. The Labute approximate surface area is 186 Å². The number of ether oxygens (including phenoxy) is 3. The Morgan fingerprint density at radius 1 is 0.938 bits per heavy atom. The highest BCUT2D eigenvalue weighted by Crippen LogP contribution is 2.45. The van der Waals surface area contributed by atoms with Crippen LogP contribution in [0.15, 0.2) is 73.4 Å². The van der Waals surface area contributed by atoms with Crippen LogP contribution in [0.5, 0.6) is 11.5 Å². The summed E-state index contributed by atoms with van der Waals surface area (Å²) in [5, 5.41) is 0. The van der Waals surface area contributed by atoms with E-state index in [2.05, 4.69) is 19.7 Å².